The summed E-state index contributed by atoms with van der Waals surface area (Å²) in [5.74, 6) is -1.45. The van der Waals surface area contributed by atoms with Gasteiger partial charge in [-0.3, -0.25) is 9.59 Å². The van der Waals surface area contributed by atoms with Crippen LogP contribution < -0.4 is 0 Å². The van der Waals surface area contributed by atoms with E-state index in [-0.39, 0.29) is 25.0 Å². The maximum absolute atomic E-state index is 13.3. The van der Waals surface area contributed by atoms with Gasteiger partial charge in [-0.1, -0.05) is 6.92 Å². The van der Waals surface area contributed by atoms with Gasteiger partial charge in [0.2, 0.25) is 5.91 Å². The minimum Gasteiger partial charge on any atom is -0.469 e. The predicted molar refractivity (Wildman–Crippen MR) is 115 cm³/mol. The summed E-state index contributed by atoms with van der Waals surface area (Å²) in [5.41, 5.74) is 0. The molecular formula is C20H32N2O6S2. The molecule has 1 fully saturated rings. The normalized spacial score (nSPS) is 18.7. The number of methoxy groups -OCH3 is 1. The van der Waals surface area contributed by atoms with Gasteiger partial charge >= 0.3 is 5.97 Å². The van der Waals surface area contributed by atoms with Crippen LogP contribution in [-0.4, -0.2) is 76.0 Å². The molecule has 0 N–H and O–H groups in total. The van der Waals surface area contributed by atoms with Crippen molar-refractivity contribution in [3.63, 3.8) is 0 Å². The van der Waals surface area contributed by atoms with E-state index in [0.29, 0.717) is 43.4 Å². The highest BCUT2D eigenvalue weighted by atomic mass is 32.2. The fraction of sp³-hybridized carbons (Fsp3) is 0.700. The van der Waals surface area contributed by atoms with E-state index in [0.717, 1.165) is 4.88 Å². The van der Waals surface area contributed by atoms with Gasteiger partial charge < -0.3 is 14.4 Å². The van der Waals surface area contributed by atoms with E-state index in [1.807, 2.05) is 13.8 Å². The van der Waals surface area contributed by atoms with E-state index >= 15 is 0 Å². The average molecular weight is 461 g/mol. The maximum atomic E-state index is 13.3. The van der Waals surface area contributed by atoms with E-state index < -0.39 is 21.9 Å². The van der Waals surface area contributed by atoms with E-state index in [1.54, 1.807) is 24.0 Å². The molecule has 0 aliphatic carbocycles. The minimum absolute atomic E-state index is 0.146. The lowest BCUT2D eigenvalue weighted by molar-refractivity contribution is -0.147. The molecule has 10 heteroatoms. The van der Waals surface area contributed by atoms with Gasteiger partial charge in [-0.15, -0.1) is 11.3 Å². The molecule has 0 bridgehead atoms. The number of hydrogen-bond acceptors (Lipinski definition) is 7. The van der Waals surface area contributed by atoms with Crippen molar-refractivity contribution in [1.82, 2.24) is 9.21 Å². The molecule has 0 aromatic carbocycles. The second-order valence-corrected chi connectivity index (χ2v) is 10.9. The molecule has 2 rings (SSSR count). The van der Waals surface area contributed by atoms with Crippen LogP contribution in [0.4, 0.5) is 0 Å². The van der Waals surface area contributed by atoms with Crippen LogP contribution in [0.2, 0.25) is 0 Å². The highest BCUT2D eigenvalue weighted by molar-refractivity contribution is 7.91. The quantitative estimate of drug-likeness (QED) is 0.392. The Bertz CT molecular complexity index is 823. The van der Waals surface area contributed by atoms with Gasteiger partial charge in [-0.2, -0.15) is 4.31 Å². The monoisotopic (exact) mass is 460 g/mol. The van der Waals surface area contributed by atoms with Crippen LogP contribution in [0.5, 0.6) is 0 Å². The van der Waals surface area contributed by atoms with Crippen LogP contribution in [0.1, 0.15) is 31.6 Å². The molecule has 1 saturated heterocycles. The number of nitrogens with zero attached hydrogens (tertiary/aromatic N) is 2. The van der Waals surface area contributed by atoms with Crippen molar-refractivity contribution in [2.45, 2.75) is 37.8 Å². The summed E-state index contributed by atoms with van der Waals surface area (Å²) in [6.45, 7) is 7.46. The van der Waals surface area contributed by atoms with Crippen molar-refractivity contribution < 1.29 is 27.5 Å². The SMILES string of the molecule is CCOCCN(CC(C)C(=O)OC)C(=O)C1CCCN(S(=O)(=O)c2ccc(C)s2)C1. The summed E-state index contributed by atoms with van der Waals surface area (Å²) in [4.78, 5) is 27.6. The Morgan fingerprint density at radius 3 is 2.70 bits per heavy atom. The van der Waals surface area contributed by atoms with Crippen LogP contribution in [0.3, 0.4) is 0 Å². The van der Waals surface area contributed by atoms with Crippen molar-refractivity contribution in [3.8, 4) is 0 Å². The molecule has 0 radical (unpaired) electrons. The summed E-state index contributed by atoms with van der Waals surface area (Å²) in [6.07, 6.45) is 1.23. The Morgan fingerprint density at radius 1 is 1.37 bits per heavy atom. The molecule has 30 heavy (non-hydrogen) atoms. The third-order valence-corrected chi connectivity index (χ3v) is 8.50. The van der Waals surface area contributed by atoms with Gasteiger partial charge in [0.05, 0.1) is 25.6 Å². The Morgan fingerprint density at radius 2 is 2.10 bits per heavy atom. The van der Waals surface area contributed by atoms with Crippen LogP contribution in [0, 0.1) is 18.8 Å². The molecule has 0 spiro atoms. The van der Waals surface area contributed by atoms with Crippen molar-refractivity contribution >= 4 is 33.2 Å². The first-order valence-corrected chi connectivity index (χ1v) is 12.5. The number of esters is 1. The number of ether oxygens (including phenoxy) is 2. The Balaban J connectivity index is 2.12. The second-order valence-electron chi connectivity index (χ2n) is 7.47. The molecular weight excluding hydrogens is 428 g/mol. The Kier molecular flexibility index (Phi) is 9.27. The van der Waals surface area contributed by atoms with Crippen molar-refractivity contribution in [2.24, 2.45) is 11.8 Å². The van der Waals surface area contributed by atoms with Crippen LogP contribution in [0.25, 0.3) is 0 Å². The molecule has 2 heterocycles. The fourth-order valence-electron chi connectivity index (χ4n) is 3.52. The molecule has 1 aliphatic heterocycles. The number of piperidine rings is 1. The zero-order chi connectivity index (χ0) is 22.3. The first-order chi connectivity index (χ1) is 14.2. The zero-order valence-electron chi connectivity index (χ0n) is 18.1. The second kappa shape index (κ2) is 11.2. The van der Waals surface area contributed by atoms with E-state index in [4.69, 9.17) is 9.47 Å². The number of sulfonamides is 1. The maximum Gasteiger partial charge on any atom is 0.310 e. The van der Waals surface area contributed by atoms with Gasteiger partial charge in [0, 0.05) is 37.7 Å². The number of hydrogen-bond donors (Lipinski definition) is 0. The Labute approximate surface area is 183 Å². The van der Waals surface area contributed by atoms with Crippen molar-refractivity contribution in [1.29, 1.82) is 0 Å². The fourth-order valence-corrected chi connectivity index (χ4v) is 6.48. The van der Waals surface area contributed by atoms with Crippen molar-refractivity contribution in [2.75, 3.05) is 46.5 Å². The highest BCUT2D eigenvalue weighted by Crippen LogP contribution is 2.29. The lowest BCUT2D eigenvalue weighted by Gasteiger charge is -2.34. The average Bonchev–Trinajstić information content (AvgIpc) is 3.19. The smallest absolute Gasteiger partial charge is 0.310 e. The molecule has 1 aromatic rings. The first-order valence-electron chi connectivity index (χ1n) is 10.2. The molecule has 2 atom stereocenters. The Hall–Kier alpha value is -1.49. The number of carbonyl (C=O) groups is 2. The molecule has 8 nitrogen and oxygen atoms in total. The number of carbonyl (C=O) groups excluding carboxylic acids is 2. The molecule has 1 aromatic heterocycles. The topological polar surface area (TPSA) is 93.2 Å². The van der Waals surface area contributed by atoms with Crippen LogP contribution >= 0.6 is 11.3 Å². The molecule has 1 aliphatic rings. The van der Waals surface area contributed by atoms with Gasteiger partial charge in [0.25, 0.3) is 10.0 Å². The molecule has 0 saturated carbocycles. The molecule has 2 unspecified atom stereocenters. The number of thiophene rings is 1. The number of aryl methyl sites for hydroxylation is 1. The lowest BCUT2D eigenvalue weighted by atomic mass is 9.97. The zero-order valence-corrected chi connectivity index (χ0v) is 19.8. The summed E-state index contributed by atoms with van der Waals surface area (Å²) in [7, 11) is -2.29. The summed E-state index contributed by atoms with van der Waals surface area (Å²) < 4.78 is 37.9. The highest BCUT2D eigenvalue weighted by Gasteiger charge is 2.36. The van der Waals surface area contributed by atoms with E-state index in [2.05, 4.69) is 0 Å². The predicted octanol–water partition coefficient (Wildman–Crippen LogP) is 2.13. The third-order valence-electron chi connectivity index (χ3n) is 5.16. The molecule has 1 amide bonds. The standard InChI is InChI=1S/C20H32N2O6S2/c1-5-28-12-11-21(13-15(2)20(24)27-4)19(23)17-7-6-10-22(14-17)30(25,26)18-9-8-16(3)29-18/h8-9,15,17H,5-7,10-14H2,1-4H3. The van der Waals surface area contributed by atoms with E-state index in [9.17, 15) is 18.0 Å². The minimum atomic E-state index is -3.61. The van der Waals surface area contributed by atoms with Crippen LogP contribution in [-0.2, 0) is 29.1 Å². The third kappa shape index (κ3) is 6.26. The van der Waals surface area contributed by atoms with E-state index in [1.165, 1.54) is 22.8 Å². The lowest BCUT2D eigenvalue weighted by Crippen LogP contribution is -2.48. The number of rotatable bonds is 10. The summed E-state index contributed by atoms with van der Waals surface area (Å²) >= 11 is 1.24. The van der Waals surface area contributed by atoms with Gasteiger partial charge in [0.1, 0.15) is 4.21 Å². The number of amides is 1. The van der Waals surface area contributed by atoms with Crippen molar-refractivity contribution in [3.05, 3.63) is 17.0 Å². The van der Waals surface area contributed by atoms with Gasteiger partial charge in [0.15, 0.2) is 0 Å². The molecule has 170 valence electrons. The summed E-state index contributed by atoms with van der Waals surface area (Å²) in [5, 5.41) is 0. The first kappa shape index (κ1) is 24.8. The van der Waals surface area contributed by atoms with Gasteiger partial charge in [-0.05, 0) is 38.8 Å². The van der Waals surface area contributed by atoms with Crippen LogP contribution in [0.15, 0.2) is 16.3 Å². The largest absolute Gasteiger partial charge is 0.469 e. The summed E-state index contributed by atoms with van der Waals surface area (Å²) in [6, 6.07) is 3.40. The van der Waals surface area contributed by atoms with Gasteiger partial charge in [-0.25, -0.2) is 8.42 Å².